The van der Waals surface area contributed by atoms with Crippen LogP contribution in [0.5, 0.6) is 0 Å². The lowest BCUT2D eigenvalue weighted by Gasteiger charge is -1.81. The minimum absolute atomic E-state index is 0. The maximum atomic E-state index is 9.14. The van der Waals surface area contributed by atoms with Crippen LogP contribution in [0.1, 0.15) is 0 Å². The summed E-state index contributed by atoms with van der Waals surface area (Å²) in [6, 6.07) is 0. The Morgan fingerprint density at radius 2 is 2.00 bits per heavy atom. The SMILES string of the molecule is C=CC(=O)[O-].[Si]. The Kier molecular flexibility index (Phi) is 6.68. The molecule has 0 unspecified atom stereocenters. The van der Waals surface area contributed by atoms with Crippen molar-refractivity contribution in [3.63, 3.8) is 0 Å². The Morgan fingerprint density at radius 1 is 1.83 bits per heavy atom. The summed E-state index contributed by atoms with van der Waals surface area (Å²) in [5.74, 6) is -1.23. The summed E-state index contributed by atoms with van der Waals surface area (Å²) in [5, 5.41) is 9.14. The van der Waals surface area contributed by atoms with E-state index in [1.54, 1.807) is 0 Å². The molecule has 0 saturated carbocycles. The number of carbonyl (C=O) groups excluding carboxylic acids is 1. The molecular weight excluding hydrogens is 96.1 g/mol. The fraction of sp³-hybridized carbons (Fsp3) is 0. The monoisotopic (exact) mass is 99.0 g/mol. The van der Waals surface area contributed by atoms with E-state index in [1.807, 2.05) is 0 Å². The Balaban J connectivity index is 0. The molecule has 0 aromatic carbocycles. The van der Waals surface area contributed by atoms with Crippen LogP contribution in [0, 0.1) is 0 Å². The minimum Gasteiger partial charge on any atom is -0.545 e. The molecule has 0 rings (SSSR count). The van der Waals surface area contributed by atoms with Gasteiger partial charge in [-0.05, 0) is 6.08 Å². The third kappa shape index (κ3) is 9.91. The van der Waals surface area contributed by atoms with Crippen molar-refractivity contribution in [2.45, 2.75) is 0 Å². The van der Waals surface area contributed by atoms with Crippen LogP contribution in [0.3, 0.4) is 0 Å². The second kappa shape index (κ2) is 4.43. The molecule has 0 saturated heterocycles. The fourth-order valence-corrected chi connectivity index (χ4v) is 0. The van der Waals surface area contributed by atoms with Gasteiger partial charge >= 0.3 is 0 Å². The van der Waals surface area contributed by atoms with Crippen LogP contribution in [0.15, 0.2) is 12.7 Å². The molecule has 0 fully saturated rings. The Morgan fingerprint density at radius 3 is 2.00 bits per heavy atom. The van der Waals surface area contributed by atoms with Gasteiger partial charge in [-0.25, -0.2) is 0 Å². The first-order chi connectivity index (χ1) is 2.27. The zero-order valence-electron chi connectivity index (χ0n) is 3.10. The van der Waals surface area contributed by atoms with E-state index < -0.39 is 5.97 Å². The summed E-state index contributed by atoms with van der Waals surface area (Å²) in [7, 11) is 0. The van der Waals surface area contributed by atoms with Crippen LogP contribution in [-0.2, 0) is 4.79 Å². The van der Waals surface area contributed by atoms with Gasteiger partial charge in [-0.1, -0.05) is 6.58 Å². The summed E-state index contributed by atoms with van der Waals surface area (Å²) in [4.78, 5) is 9.14. The number of rotatable bonds is 1. The first kappa shape index (κ1) is 9.06. The molecule has 6 heavy (non-hydrogen) atoms. The molecule has 0 aromatic heterocycles. The lowest BCUT2D eigenvalue weighted by atomic mass is 10.7. The fourth-order valence-electron chi connectivity index (χ4n) is 0. The maximum absolute atomic E-state index is 9.14. The van der Waals surface area contributed by atoms with E-state index in [-0.39, 0.29) is 11.0 Å². The van der Waals surface area contributed by atoms with Crippen molar-refractivity contribution >= 4 is 16.9 Å². The van der Waals surface area contributed by atoms with E-state index in [0.29, 0.717) is 0 Å². The molecule has 0 aliphatic heterocycles. The van der Waals surface area contributed by atoms with Gasteiger partial charge in [0.05, 0.1) is 5.97 Å². The number of hydrogen-bond donors (Lipinski definition) is 0. The van der Waals surface area contributed by atoms with Gasteiger partial charge in [0.2, 0.25) is 0 Å². The number of aliphatic carboxylic acids is 1. The molecule has 0 spiro atoms. The highest BCUT2D eigenvalue weighted by atomic mass is 28.1. The van der Waals surface area contributed by atoms with Crippen LogP contribution in [0.25, 0.3) is 0 Å². The highest BCUT2D eigenvalue weighted by molar-refractivity contribution is 5.76. The largest absolute Gasteiger partial charge is 0.545 e. The van der Waals surface area contributed by atoms with Crippen molar-refractivity contribution < 1.29 is 9.90 Å². The van der Waals surface area contributed by atoms with Crippen LogP contribution in [-0.4, -0.2) is 16.9 Å². The second-order valence-corrected chi connectivity index (χ2v) is 0.523. The van der Waals surface area contributed by atoms with Crippen molar-refractivity contribution in [2.75, 3.05) is 0 Å². The maximum Gasteiger partial charge on any atom is 0.0636 e. The van der Waals surface area contributed by atoms with Crippen LogP contribution >= 0.6 is 0 Å². The number of carboxylic acid groups (broad SMARTS) is 1. The van der Waals surface area contributed by atoms with Crippen LogP contribution in [0.4, 0.5) is 0 Å². The molecule has 32 valence electrons. The van der Waals surface area contributed by atoms with Crippen molar-refractivity contribution in [3.8, 4) is 0 Å². The van der Waals surface area contributed by atoms with Crippen LogP contribution < -0.4 is 5.11 Å². The van der Waals surface area contributed by atoms with Gasteiger partial charge < -0.3 is 9.90 Å². The van der Waals surface area contributed by atoms with Gasteiger partial charge in [-0.3, -0.25) is 0 Å². The summed E-state index contributed by atoms with van der Waals surface area (Å²) >= 11 is 0. The van der Waals surface area contributed by atoms with Gasteiger partial charge in [0.25, 0.3) is 0 Å². The summed E-state index contributed by atoms with van der Waals surface area (Å²) in [6.07, 6.45) is 0.722. The highest BCUT2D eigenvalue weighted by Gasteiger charge is 1.55. The van der Waals surface area contributed by atoms with E-state index in [9.17, 15) is 0 Å². The van der Waals surface area contributed by atoms with E-state index in [4.69, 9.17) is 9.90 Å². The van der Waals surface area contributed by atoms with Crippen LogP contribution in [0.2, 0.25) is 0 Å². The Labute approximate surface area is 40.5 Å². The number of carbonyl (C=O) groups is 1. The lowest BCUT2D eigenvalue weighted by Crippen LogP contribution is -2.17. The zero-order valence-corrected chi connectivity index (χ0v) is 4.10. The molecule has 0 bridgehead atoms. The van der Waals surface area contributed by atoms with E-state index in [2.05, 4.69) is 6.58 Å². The van der Waals surface area contributed by atoms with E-state index in [0.717, 1.165) is 6.08 Å². The molecular formula is C3H3O2Si-. The highest BCUT2D eigenvalue weighted by Crippen LogP contribution is 1.47. The first-order valence-electron chi connectivity index (χ1n) is 1.11. The standard InChI is InChI=1S/C3H4O2.Si/c1-2-3(4)5;/h2H,1H2,(H,4,5);/p-1. The van der Waals surface area contributed by atoms with Gasteiger partial charge in [0, 0.05) is 11.0 Å². The minimum atomic E-state index is -1.23. The molecule has 0 atom stereocenters. The van der Waals surface area contributed by atoms with Crippen molar-refractivity contribution in [1.82, 2.24) is 0 Å². The Bertz CT molecular complexity index is 59.8. The van der Waals surface area contributed by atoms with Gasteiger partial charge in [0.1, 0.15) is 0 Å². The predicted octanol–water partition coefficient (Wildman–Crippen LogP) is -1.46. The average Bonchev–Trinajstić information content (AvgIpc) is 1.38. The quantitative estimate of drug-likeness (QED) is 0.298. The van der Waals surface area contributed by atoms with Crippen molar-refractivity contribution in [1.29, 1.82) is 0 Å². The third-order valence-electron chi connectivity index (χ3n) is 0.167. The molecule has 2 nitrogen and oxygen atoms in total. The molecule has 0 heterocycles. The molecule has 3 heteroatoms. The summed E-state index contributed by atoms with van der Waals surface area (Å²) in [6.45, 7) is 2.90. The number of hydrogen-bond acceptors (Lipinski definition) is 2. The predicted molar refractivity (Wildman–Crippen MR) is 21.0 cm³/mol. The van der Waals surface area contributed by atoms with Crippen molar-refractivity contribution in [3.05, 3.63) is 12.7 Å². The van der Waals surface area contributed by atoms with Crippen molar-refractivity contribution in [2.24, 2.45) is 0 Å². The molecule has 0 aromatic rings. The topological polar surface area (TPSA) is 40.1 Å². The summed E-state index contributed by atoms with van der Waals surface area (Å²) < 4.78 is 0. The number of carboxylic acids is 1. The average molecular weight is 99.1 g/mol. The van der Waals surface area contributed by atoms with Gasteiger partial charge in [0.15, 0.2) is 0 Å². The Hall–Kier alpha value is -0.573. The van der Waals surface area contributed by atoms with Gasteiger partial charge in [-0.15, -0.1) is 0 Å². The first-order valence-corrected chi connectivity index (χ1v) is 1.11. The lowest BCUT2D eigenvalue weighted by molar-refractivity contribution is -0.297. The van der Waals surface area contributed by atoms with E-state index in [1.165, 1.54) is 0 Å². The van der Waals surface area contributed by atoms with Gasteiger partial charge in [-0.2, -0.15) is 0 Å². The molecule has 0 aliphatic carbocycles. The second-order valence-electron chi connectivity index (χ2n) is 0.523. The molecule has 4 radical (unpaired) electrons. The summed E-state index contributed by atoms with van der Waals surface area (Å²) in [5.41, 5.74) is 0. The molecule has 0 amide bonds. The normalized spacial score (nSPS) is 5.33. The molecule has 0 N–H and O–H groups in total. The molecule has 0 aliphatic rings. The van der Waals surface area contributed by atoms with E-state index >= 15 is 0 Å². The zero-order chi connectivity index (χ0) is 4.28. The smallest absolute Gasteiger partial charge is 0.0636 e. The third-order valence-corrected chi connectivity index (χ3v) is 0.167.